The molecule has 1 aliphatic heterocycles. The molecule has 188 valence electrons. The predicted octanol–water partition coefficient (Wildman–Crippen LogP) is 4.80. The summed E-state index contributed by atoms with van der Waals surface area (Å²) in [5, 5.41) is 6.01. The molecule has 0 saturated carbocycles. The number of aromatic nitrogens is 4. The number of rotatable bonds is 6. The van der Waals surface area contributed by atoms with Crippen molar-refractivity contribution in [1.29, 1.82) is 0 Å². The Labute approximate surface area is 216 Å². The molecule has 1 atom stereocenters. The molecule has 1 fully saturated rings. The number of sulfonamides is 1. The fourth-order valence-corrected chi connectivity index (χ4v) is 5.99. The lowest BCUT2D eigenvalue weighted by molar-refractivity contribution is 0.384. The molecule has 0 N–H and O–H groups in total. The smallest absolute Gasteiger partial charge is 0.243 e. The van der Waals surface area contributed by atoms with E-state index < -0.39 is 10.0 Å². The highest BCUT2D eigenvalue weighted by Gasteiger charge is 2.30. The number of aryl methyl sites for hydroxylation is 1. The minimum absolute atomic E-state index is 0.158. The number of halogens is 1. The van der Waals surface area contributed by atoms with Gasteiger partial charge >= 0.3 is 0 Å². The maximum atomic E-state index is 13.2. The van der Waals surface area contributed by atoms with Crippen molar-refractivity contribution in [3.05, 3.63) is 71.1 Å². The number of fused-ring (bicyclic) bond motifs is 1. The lowest BCUT2D eigenvalue weighted by Crippen LogP contribution is -2.49. The summed E-state index contributed by atoms with van der Waals surface area (Å²) in [4.78, 5) is 12.3. The molecule has 0 aliphatic carbocycles. The number of hydrogen-bond donors (Lipinski definition) is 0. The Balaban J connectivity index is 1.49. The second kappa shape index (κ2) is 9.80. The molecule has 10 heteroatoms. The van der Waals surface area contributed by atoms with Gasteiger partial charge in [0, 0.05) is 32.1 Å². The molecule has 4 aromatic rings. The Hall–Kier alpha value is -3.01. The van der Waals surface area contributed by atoms with Crippen LogP contribution in [0.4, 0.5) is 5.82 Å². The lowest BCUT2D eigenvalue weighted by Gasteiger charge is -2.35. The molecule has 2 aromatic carbocycles. The van der Waals surface area contributed by atoms with E-state index in [1.54, 1.807) is 27.3 Å². The Morgan fingerprint density at radius 1 is 1.00 bits per heavy atom. The van der Waals surface area contributed by atoms with Gasteiger partial charge in [-0.25, -0.2) is 23.1 Å². The van der Waals surface area contributed by atoms with Crippen molar-refractivity contribution in [3.63, 3.8) is 0 Å². The summed E-state index contributed by atoms with van der Waals surface area (Å²) in [6.45, 7) is 7.95. The first-order chi connectivity index (χ1) is 17.3. The van der Waals surface area contributed by atoms with Crippen LogP contribution in [0.5, 0.6) is 0 Å². The molecule has 8 nitrogen and oxygen atoms in total. The molecule has 1 unspecified atom stereocenters. The highest BCUT2D eigenvalue weighted by Crippen LogP contribution is 2.31. The zero-order valence-electron chi connectivity index (χ0n) is 20.6. The number of piperazine rings is 1. The molecule has 0 spiro atoms. The van der Waals surface area contributed by atoms with Gasteiger partial charge in [0.25, 0.3) is 0 Å². The molecule has 2 aromatic heterocycles. The van der Waals surface area contributed by atoms with Gasteiger partial charge in [-0.1, -0.05) is 55.3 Å². The summed E-state index contributed by atoms with van der Waals surface area (Å²) < 4.78 is 29.7. The van der Waals surface area contributed by atoms with Crippen LogP contribution in [0.15, 0.2) is 59.6 Å². The molecule has 36 heavy (non-hydrogen) atoms. The number of hydrogen-bond acceptors (Lipinski definition) is 6. The third kappa shape index (κ3) is 4.47. The number of anilines is 1. The second-order valence-electron chi connectivity index (χ2n) is 9.16. The van der Waals surface area contributed by atoms with Crippen molar-refractivity contribution in [2.75, 3.05) is 31.1 Å². The fourth-order valence-electron chi connectivity index (χ4n) is 4.35. The van der Waals surface area contributed by atoms with E-state index in [1.807, 2.05) is 43.3 Å². The summed E-state index contributed by atoms with van der Waals surface area (Å²) in [5.74, 6) is 1.68. The third-order valence-corrected chi connectivity index (χ3v) is 8.99. The maximum absolute atomic E-state index is 13.2. The topological polar surface area (TPSA) is 84.2 Å². The molecule has 0 bridgehead atoms. The first kappa shape index (κ1) is 24.7. The molecular formula is C26H29ClN6O2S. The monoisotopic (exact) mass is 524 g/mol. The second-order valence-corrected chi connectivity index (χ2v) is 11.5. The summed E-state index contributed by atoms with van der Waals surface area (Å²) in [7, 11) is -3.55. The van der Waals surface area contributed by atoms with Gasteiger partial charge in [-0.2, -0.15) is 9.40 Å². The first-order valence-electron chi connectivity index (χ1n) is 12.1. The SMILES string of the molecule is CCC(C)c1nc(N2CCN(S(=O)(=O)c3ccc(C)cc3)CC2)c2cnn(-c3ccccc3Cl)c2n1. The van der Waals surface area contributed by atoms with Gasteiger partial charge < -0.3 is 4.90 Å². The number of para-hydroxylation sites is 1. The lowest BCUT2D eigenvalue weighted by atomic mass is 10.1. The normalized spacial score (nSPS) is 15.9. The maximum Gasteiger partial charge on any atom is 0.243 e. The summed E-state index contributed by atoms with van der Waals surface area (Å²) >= 11 is 6.47. The third-order valence-electron chi connectivity index (χ3n) is 6.76. The van der Waals surface area contributed by atoms with Crippen LogP contribution in [0.2, 0.25) is 5.02 Å². The van der Waals surface area contributed by atoms with Crippen LogP contribution in [0.25, 0.3) is 16.7 Å². The van der Waals surface area contributed by atoms with Gasteiger partial charge in [-0.15, -0.1) is 0 Å². The quantitative estimate of drug-likeness (QED) is 0.360. The largest absolute Gasteiger partial charge is 0.353 e. The summed E-state index contributed by atoms with van der Waals surface area (Å²) in [6.07, 6.45) is 2.66. The van der Waals surface area contributed by atoms with E-state index in [0.29, 0.717) is 41.7 Å². The number of benzene rings is 2. The fraction of sp³-hybridized carbons (Fsp3) is 0.346. The van der Waals surface area contributed by atoms with Crippen LogP contribution in [0, 0.1) is 6.92 Å². The predicted molar refractivity (Wildman–Crippen MR) is 143 cm³/mol. The van der Waals surface area contributed by atoms with Crippen molar-refractivity contribution in [2.45, 2.75) is 38.0 Å². The van der Waals surface area contributed by atoms with E-state index in [2.05, 4.69) is 23.8 Å². The van der Waals surface area contributed by atoms with Crippen LogP contribution in [-0.4, -0.2) is 58.7 Å². The van der Waals surface area contributed by atoms with E-state index in [0.717, 1.165) is 34.7 Å². The van der Waals surface area contributed by atoms with Crippen molar-refractivity contribution >= 4 is 38.5 Å². The Bertz CT molecular complexity index is 1490. The van der Waals surface area contributed by atoms with Gasteiger partial charge in [-0.3, -0.25) is 0 Å². The van der Waals surface area contributed by atoms with Gasteiger partial charge in [0.2, 0.25) is 10.0 Å². The van der Waals surface area contributed by atoms with Crippen LogP contribution in [0.1, 0.15) is 37.6 Å². The molecule has 0 amide bonds. The van der Waals surface area contributed by atoms with E-state index in [4.69, 9.17) is 21.6 Å². The minimum atomic E-state index is -3.55. The van der Waals surface area contributed by atoms with Crippen molar-refractivity contribution in [1.82, 2.24) is 24.1 Å². The summed E-state index contributed by atoms with van der Waals surface area (Å²) in [5.41, 5.74) is 2.47. The van der Waals surface area contributed by atoms with Gasteiger partial charge in [0.1, 0.15) is 11.6 Å². The van der Waals surface area contributed by atoms with Crippen LogP contribution < -0.4 is 4.90 Å². The number of nitrogens with zero attached hydrogens (tertiary/aromatic N) is 6. The molecule has 0 radical (unpaired) electrons. The van der Waals surface area contributed by atoms with Crippen molar-refractivity contribution in [3.8, 4) is 5.69 Å². The Morgan fingerprint density at radius 3 is 2.36 bits per heavy atom. The average Bonchev–Trinajstić information content (AvgIpc) is 3.32. The van der Waals surface area contributed by atoms with E-state index in [1.165, 1.54) is 0 Å². The zero-order valence-corrected chi connectivity index (χ0v) is 22.2. The average molecular weight is 525 g/mol. The Kier molecular flexibility index (Phi) is 6.72. The molecular weight excluding hydrogens is 496 g/mol. The molecule has 1 saturated heterocycles. The van der Waals surface area contributed by atoms with E-state index in [9.17, 15) is 8.42 Å². The van der Waals surface area contributed by atoms with Gasteiger partial charge in [0.15, 0.2) is 5.65 Å². The van der Waals surface area contributed by atoms with Crippen molar-refractivity contribution < 1.29 is 8.42 Å². The van der Waals surface area contributed by atoms with Crippen molar-refractivity contribution in [2.24, 2.45) is 0 Å². The van der Waals surface area contributed by atoms with Crippen LogP contribution in [-0.2, 0) is 10.0 Å². The van der Waals surface area contributed by atoms with Gasteiger partial charge in [-0.05, 0) is 37.6 Å². The highest BCUT2D eigenvalue weighted by atomic mass is 35.5. The van der Waals surface area contributed by atoms with E-state index >= 15 is 0 Å². The van der Waals surface area contributed by atoms with Crippen LogP contribution >= 0.6 is 11.6 Å². The standard InChI is InChI=1S/C26H29ClN6O2S/c1-4-19(3)24-29-25(21-17-28-33(26(21)30-24)23-8-6-5-7-22(23)27)31-13-15-32(16-14-31)36(34,35)20-11-9-18(2)10-12-20/h5-12,17,19H,4,13-16H2,1-3H3. The summed E-state index contributed by atoms with van der Waals surface area (Å²) in [6, 6.07) is 14.5. The Morgan fingerprint density at radius 2 is 1.69 bits per heavy atom. The molecule has 5 rings (SSSR count). The zero-order chi connectivity index (χ0) is 25.4. The molecule has 1 aliphatic rings. The first-order valence-corrected chi connectivity index (χ1v) is 13.9. The highest BCUT2D eigenvalue weighted by molar-refractivity contribution is 7.89. The molecule has 3 heterocycles. The van der Waals surface area contributed by atoms with Gasteiger partial charge in [0.05, 0.1) is 27.2 Å². The van der Waals surface area contributed by atoms with Crippen LogP contribution in [0.3, 0.4) is 0 Å². The van der Waals surface area contributed by atoms with E-state index in [-0.39, 0.29) is 5.92 Å². The minimum Gasteiger partial charge on any atom is -0.353 e.